The van der Waals surface area contributed by atoms with Crippen LogP contribution >= 0.6 is 11.8 Å². The molecule has 3 heteroatoms. The number of ether oxygens (including phenoxy) is 1. The number of hydrogen-bond donors (Lipinski definition) is 0. The Morgan fingerprint density at radius 2 is 2.00 bits per heavy atom. The maximum Gasteiger partial charge on any atom is 0.330 e. The van der Waals surface area contributed by atoms with Crippen molar-refractivity contribution in [3.05, 3.63) is 54.1 Å². The molecule has 0 atom stereocenters. The molecule has 0 N–H and O–H groups in total. The summed E-state index contributed by atoms with van der Waals surface area (Å²) < 4.78 is 5.06. The maximum atomic E-state index is 11.3. The van der Waals surface area contributed by atoms with Crippen LogP contribution in [0.3, 0.4) is 0 Å². The van der Waals surface area contributed by atoms with E-state index >= 15 is 0 Å². The molecule has 0 amide bonds. The highest BCUT2D eigenvalue weighted by Crippen LogP contribution is 2.02. The second-order valence-electron chi connectivity index (χ2n) is 3.91. The standard InChI is InChI=1S/C16H20O2S/c1-2-13-19-14-12-18-16(17)11-7-6-10-15-8-4-3-5-9-15/h3-11H,2,12-14H2,1H3/b10-6+,11-7+. The van der Waals surface area contributed by atoms with Crippen LogP contribution in [0.2, 0.25) is 0 Å². The van der Waals surface area contributed by atoms with Crippen LogP contribution < -0.4 is 0 Å². The molecular weight excluding hydrogens is 256 g/mol. The molecule has 0 saturated carbocycles. The van der Waals surface area contributed by atoms with Gasteiger partial charge in [0.05, 0.1) is 0 Å². The van der Waals surface area contributed by atoms with Gasteiger partial charge in [0.1, 0.15) is 6.61 Å². The van der Waals surface area contributed by atoms with E-state index in [0.717, 1.165) is 23.5 Å². The minimum atomic E-state index is -0.283. The lowest BCUT2D eigenvalue weighted by molar-refractivity contribution is -0.137. The van der Waals surface area contributed by atoms with Crippen LogP contribution in [0.1, 0.15) is 18.9 Å². The van der Waals surface area contributed by atoms with Gasteiger partial charge in [0, 0.05) is 11.8 Å². The number of carbonyl (C=O) groups is 1. The molecule has 102 valence electrons. The predicted octanol–water partition coefficient (Wildman–Crippen LogP) is 3.94. The molecule has 1 rings (SSSR count). The third-order valence-corrected chi connectivity index (χ3v) is 3.40. The molecule has 0 spiro atoms. The van der Waals surface area contributed by atoms with Crippen molar-refractivity contribution in [1.29, 1.82) is 0 Å². The number of rotatable bonds is 8. The minimum Gasteiger partial charge on any atom is -0.462 e. The number of hydrogen-bond acceptors (Lipinski definition) is 3. The van der Waals surface area contributed by atoms with E-state index in [1.165, 1.54) is 6.08 Å². The predicted molar refractivity (Wildman–Crippen MR) is 83.2 cm³/mol. The van der Waals surface area contributed by atoms with Crippen molar-refractivity contribution in [2.45, 2.75) is 13.3 Å². The van der Waals surface area contributed by atoms with E-state index in [9.17, 15) is 4.79 Å². The quantitative estimate of drug-likeness (QED) is 0.311. The molecule has 0 unspecified atom stereocenters. The van der Waals surface area contributed by atoms with Crippen LogP contribution in [0.5, 0.6) is 0 Å². The number of esters is 1. The van der Waals surface area contributed by atoms with E-state index in [4.69, 9.17) is 4.74 Å². The van der Waals surface area contributed by atoms with E-state index in [1.807, 2.05) is 42.5 Å². The van der Waals surface area contributed by atoms with E-state index < -0.39 is 0 Å². The summed E-state index contributed by atoms with van der Waals surface area (Å²) in [7, 11) is 0. The SMILES string of the molecule is CCCSCCOC(=O)/C=C/C=C/c1ccccc1. The van der Waals surface area contributed by atoms with Gasteiger partial charge >= 0.3 is 5.97 Å². The van der Waals surface area contributed by atoms with Crippen LogP contribution in [0, 0.1) is 0 Å². The Bertz CT molecular complexity index is 410. The van der Waals surface area contributed by atoms with Gasteiger partial charge in [0.2, 0.25) is 0 Å². The number of allylic oxidation sites excluding steroid dienone is 2. The van der Waals surface area contributed by atoms with Gasteiger partial charge in [-0.3, -0.25) is 0 Å². The van der Waals surface area contributed by atoms with Crippen molar-refractivity contribution in [2.75, 3.05) is 18.1 Å². The van der Waals surface area contributed by atoms with Crippen molar-refractivity contribution in [3.8, 4) is 0 Å². The monoisotopic (exact) mass is 276 g/mol. The average Bonchev–Trinajstić information content (AvgIpc) is 2.44. The summed E-state index contributed by atoms with van der Waals surface area (Å²) in [4.78, 5) is 11.3. The fourth-order valence-electron chi connectivity index (χ4n) is 1.36. The van der Waals surface area contributed by atoms with Gasteiger partial charge < -0.3 is 4.74 Å². The Balaban J connectivity index is 2.18. The van der Waals surface area contributed by atoms with Gasteiger partial charge in [0.25, 0.3) is 0 Å². The summed E-state index contributed by atoms with van der Waals surface area (Å²) in [6.45, 7) is 2.62. The molecule has 0 heterocycles. The number of carbonyl (C=O) groups excluding carboxylic acids is 1. The van der Waals surface area contributed by atoms with E-state index in [1.54, 1.807) is 17.8 Å². The molecule has 0 radical (unpaired) electrons. The van der Waals surface area contributed by atoms with Crippen LogP contribution in [-0.2, 0) is 9.53 Å². The molecule has 1 aromatic carbocycles. The molecular formula is C16H20O2S. The number of benzene rings is 1. The van der Waals surface area contributed by atoms with Crippen LogP contribution in [0.15, 0.2) is 48.6 Å². The molecule has 0 aromatic heterocycles. The molecule has 0 saturated heterocycles. The van der Waals surface area contributed by atoms with E-state index in [2.05, 4.69) is 6.92 Å². The first-order valence-corrected chi connectivity index (χ1v) is 7.62. The van der Waals surface area contributed by atoms with Crippen molar-refractivity contribution < 1.29 is 9.53 Å². The van der Waals surface area contributed by atoms with E-state index in [0.29, 0.717) is 6.61 Å². The van der Waals surface area contributed by atoms with Gasteiger partial charge in [-0.05, 0) is 17.7 Å². The van der Waals surface area contributed by atoms with Crippen LogP contribution in [-0.4, -0.2) is 24.1 Å². The average molecular weight is 276 g/mol. The summed E-state index contributed by atoms with van der Waals surface area (Å²) >= 11 is 1.81. The summed E-state index contributed by atoms with van der Waals surface area (Å²) in [6, 6.07) is 9.94. The summed E-state index contributed by atoms with van der Waals surface area (Å²) in [5, 5.41) is 0. The minimum absolute atomic E-state index is 0.283. The van der Waals surface area contributed by atoms with Crippen molar-refractivity contribution in [1.82, 2.24) is 0 Å². The van der Waals surface area contributed by atoms with Crippen molar-refractivity contribution >= 4 is 23.8 Å². The zero-order chi connectivity index (χ0) is 13.8. The number of thioether (sulfide) groups is 1. The molecule has 1 aromatic rings. The normalized spacial score (nSPS) is 11.2. The fourth-order valence-corrected chi connectivity index (χ4v) is 2.05. The second-order valence-corrected chi connectivity index (χ2v) is 5.13. The first-order chi connectivity index (χ1) is 9.33. The zero-order valence-electron chi connectivity index (χ0n) is 11.2. The van der Waals surface area contributed by atoms with Crippen molar-refractivity contribution in [2.24, 2.45) is 0 Å². The first kappa shape index (κ1) is 15.6. The summed E-state index contributed by atoms with van der Waals surface area (Å²) in [6.07, 6.45) is 8.09. The molecule has 0 aliphatic rings. The Kier molecular flexibility index (Phi) is 8.56. The van der Waals surface area contributed by atoms with Gasteiger partial charge in [-0.1, -0.05) is 55.5 Å². The third kappa shape index (κ3) is 8.27. The van der Waals surface area contributed by atoms with Gasteiger partial charge in [-0.2, -0.15) is 11.8 Å². The maximum absolute atomic E-state index is 11.3. The Hall–Kier alpha value is -1.48. The van der Waals surface area contributed by atoms with Gasteiger partial charge in [0.15, 0.2) is 0 Å². The zero-order valence-corrected chi connectivity index (χ0v) is 12.1. The topological polar surface area (TPSA) is 26.3 Å². The molecule has 0 aliphatic heterocycles. The molecule has 19 heavy (non-hydrogen) atoms. The summed E-state index contributed by atoms with van der Waals surface area (Å²) in [5.74, 6) is 1.70. The smallest absolute Gasteiger partial charge is 0.330 e. The van der Waals surface area contributed by atoms with Gasteiger partial charge in [-0.15, -0.1) is 0 Å². The van der Waals surface area contributed by atoms with Crippen molar-refractivity contribution in [3.63, 3.8) is 0 Å². The second kappa shape index (κ2) is 10.4. The first-order valence-electron chi connectivity index (χ1n) is 6.47. The highest BCUT2D eigenvalue weighted by atomic mass is 32.2. The lowest BCUT2D eigenvalue weighted by Gasteiger charge is -2.00. The molecule has 0 bridgehead atoms. The van der Waals surface area contributed by atoms with Gasteiger partial charge in [-0.25, -0.2) is 4.79 Å². The van der Waals surface area contributed by atoms with Crippen LogP contribution in [0.4, 0.5) is 0 Å². The highest BCUT2D eigenvalue weighted by Gasteiger charge is 1.95. The van der Waals surface area contributed by atoms with Crippen LogP contribution in [0.25, 0.3) is 6.08 Å². The summed E-state index contributed by atoms with van der Waals surface area (Å²) in [5.41, 5.74) is 1.11. The molecule has 0 aliphatic carbocycles. The fraction of sp³-hybridized carbons (Fsp3) is 0.312. The van der Waals surface area contributed by atoms with E-state index in [-0.39, 0.29) is 5.97 Å². The highest BCUT2D eigenvalue weighted by molar-refractivity contribution is 7.99. The lowest BCUT2D eigenvalue weighted by atomic mass is 10.2. The molecule has 0 fully saturated rings. The third-order valence-electron chi connectivity index (χ3n) is 2.25. The lowest BCUT2D eigenvalue weighted by Crippen LogP contribution is -2.04. The Morgan fingerprint density at radius 1 is 1.21 bits per heavy atom. The largest absolute Gasteiger partial charge is 0.462 e. The Morgan fingerprint density at radius 3 is 2.74 bits per heavy atom. The Labute approximate surface area is 119 Å². The molecule has 2 nitrogen and oxygen atoms in total.